The summed E-state index contributed by atoms with van der Waals surface area (Å²) in [5, 5.41) is 2.87. The number of hydrogen-bond acceptors (Lipinski definition) is 2. The smallest absolute Gasteiger partial charge is 0.237 e. The van der Waals surface area contributed by atoms with Crippen molar-refractivity contribution < 1.29 is 4.79 Å². The molecule has 0 aromatic rings. The van der Waals surface area contributed by atoms with Gasteiger partial charge >= 0.3 is 0 Å². The van der Waals surface area contributed by atoms with E-state index in [1.54, 1.807) is 0 Å². The van der Waals surface area contributed by atoms with Crippen LogP contribution >= 0.6 is 0 Å². The number of hydrogen-bond donors (Lipinski definition) is 1. The SMILES string of the molecule is O=C1NCCC1N1CCCC1. The van der Waals surface area contributed by atoms with Crippen LogP contribution in [0.25, 0.3) is 0 Å². The molecule has 1 amide bonds. The van der Waals surface area contributed by atoms with Gasteiger partial charge in [-0.2, -0.15) is 0 Å². The molecule has 0 spiro atoms. The number of rotatable bonds is 1. The average Bonchev–Trinajstić information content (AvgIpc) is 2.55. The lowest BCUT2D eigenvalue weighted by molar-refractivity contribution is -0.123. The summed E-state index contributed by atoms with van der Waals surface area (Å²) in [6.07, 6.45) is 3.55. The second-order valence-electron chi connectivity index (χ2n) is 3.34. The lowest BCUT2D eigenvalue weighted by Gasteiger charge is -2.19. The van der Waals surface area contributed by atoms with Gasteiger partial charge in [-0.3, -0.25) is 9.69 Å². The Morgan fingerprint density at radius 2 is 2.09 bits per heavy atom. The number of likely N-dealkylation sites (tertiary alicyclic amines) is 1. The summed E-state index contributed by atoms with van der Waals surface area (Å²) in [7, 11) is 0. The highest BCUT2D eigenvalue weighted by atomic mass is 16.2. The van der Waals surface area contributed by atoms with E-state index in [0.29, 0.717) is 0 Å². The van der Waals surface area contributed by atoms with Crippen LogP contribution in [0.3, 0.4) is 0 Å². The summed E-state index contributed by atoms with van der Waals surface area (Å²) in [5.41, 5.74) is 0. The Bertz CT molecular complexity index is 163. The van der Waals surface area contributed by atoms with Gasteiger partial charge in [-0.1, -0.05) is 0 Å². The molecule has 2 rings (SSSR count). The molecule has 1 unspecified atom stereocenters. The van der Waals surface area contributed by atoms with Gasteiger partial charge in [-0.25, -0.2) is 0 Å². The zero-order valence-corrected chi connectivity index (χ0v) is 6.68. The van der Waals surface area contributed by atoms with Crippen LogP contribution in [-0.4, -0.2) is 36.5 Å². The van der Waals surface area contributed by atoms with Crippen LogP contribution < -0.4 is 5.32 Å². The summed E-state index contributed by atoms with van der Waals surface area (Å²) < 4.78 is 0. The van der Waals surface area contributed by atoms with Gasteiger partial charge in [-0.05, 0) is 32.4 Å². The molecule has 1 atom stereocenters. The fraction of sp³-hybridized carbons (Fsp3) is 0.875. The fourth-order valence-electron chi connectivity index (χ4n) is 1.98. The van der Waals surface area contributed by atoms with Gasteiger partial charge < -0.3 is 5.32 Å². The van der Waals surface area contributed by atoms with Gasteiger partial charge in [0.05, 0.1) is 6.04 Å². The molecule has 2 aliphatic rings. The summed E-state index contributed by atoms with van der Waals surface area (Å²) in [4.78, 5) is 13.5. The highest BCUT2D eigenvalue weighted by Gasteiger charge is 2.31. The van der Waals surface area contributed by atoms with Crippen molar-refractivity contribution in [2.75, 3.05) is 19.6 Å². The normalized spacial score (nSPS) is 32.7. The van der Waals surface area contributed by atoms with E-state index < -0.39 is 0 Å². The van der Waals surface area contributed by atoms with Gasteiger partial charge in [0.15, 0.2) is 0 Å². The van der Waals surface area contributed by atoms with E-state index in [4.69, 9.17) is 0 Å². The molecule has 0 aliphatic carbocycles. The van der Waals surface area contributed by atoms with Gasteiger partial charge in [0.2, 0.25) is 5.91 Å². The Balaban J connectivity index is 1.97. The summed E-state index contributed by atoms with van der Waals surface area (Å²) in [6.45, 7) is 3.12. The third-order valence-electron chi connectivity index (χ3n) is 2.60. The van der Waals surface area contributed by atoms with Crippen molar-refractivity contribution in [2.45, 2.75) is 25.3 Å². The van der Waals surface area contributed by atoms with Crippen molar-refractivity contribution in [2.24, 2.45) is 0 Å². The zero-order valence-electron chi connectivity index (χ0n) is 6.68. The van der Waals surface area contributed by atoms with Crippen LogP contribution in [0.1, 0.15) is 19.3 Å². The number of amides is 1. The third-order valence-corrected chi connectivity index (χ3v) is 2.60. The average molecular weight is 154 g/mol. The molecule has 2 fully saturated rings. The van der Waals surface area contributed by atoms with E-state index in [9.17, 15) is 4.79 Å². The second-order valence-corrected chi connectivity index (χ2v) is 3.34. The maximum absolute atomic E-state index is 11.2. The predicted molar refractivity (Wildman–Crippen MR) is 42.2 cm³/mol. The van der Waals surface area contributed by atoms with Crippen LogP contribution in [0, 0.1) is 0 Å². The topological polar surface area (TPSA) is 32.3 Å². The van der Waals surface area contributed by atoms with E-state index in [1.807, 2.05) is 0 Å². The van der Waals surface area contributed by atoms with Crippen molar-refractivity contribution in [3.63, 3.8) is 0 Å². The molecule has 2 heterocycles. The number of carbonyl (C=O) groups is 1. The first-order valence-corrected chi connectivity index (χ1v) is 4.40. The van der Waals surface area contributed by atoms with Crippen molar-refractivity contribution in [3.05, 3.63) is 0 Å². The minimum absolute atomic E-state index is 0.206. The highest BCUT2D eigenvalue weighted by molar-refractivity contribution is 5.83. The molecule has 2 aliphatic heterocycles. The van der Waals surface area contributed by atoms with Crippen molar-refractivity contribution >= 4 is 5.91 Å². The van der Waals surface area contributed by atoms with Crippen LogP contribution in [-0.2, 0) is 4.79 Å². The van der Waals surface area contributed by atoms with Gasteiger partial charge in [0.25, 0.3) is 0 Å². The van der Waals surface area contributed by atoms with E-state index in [0.717, 1.165) is 26.1 Å². The van der Waals surface area contributed by atoms with E-state index >= 15 is 0 Å². The molecule has 0 aromatic heterocycles. The molecular formula is C8H14N2O. The number of nitrogens with zero attached hydrogens (tertiary/aromatic N) is 1. The molecule has 3 heteroatoms. The summed E-state index contributed by atoms with van der Waals surface area (Å²) in [6, 6.07) is 0.206. The third kappa shape index (κ3) is 1.25. The van der Waals surface area contributed by atoms with Crippen molar-refractivity contribution in [3.8, 4) is 0 Å². The molecule has 0 aromatic carbocycles. The van der Waals surface area contributed by atoms with E-state index in [2.05, 4.69) is 10.2 Å². The minimum Gasteiger partial charge on any atom is -0.355 e. The van der Waals surface area contributed by atoms with Crippen LogP contribution in [0.4, 0.5) is 0 Å². The first kappa shape index (κ1) is 7.10. The molecule has 3 nitrogen and oxygen atoms in total. The largest absolute Gasteiger partial charge is 0.355 e. The number of nitrogens with one attached hydrogen (secondary N) is 1. The Hall–Kier alpha value is -0.570. The maximum Gasteiger partial charge on any atom is 0.237 e. The van der Waals surface area contributed by atoms with E-state index in [-0.39, 0.29) is 11.9 Å². The van der Waals surface area contributed by atoms with Crippen LogP contribution in [0.5, 0.6) is 0 Å². The number of carbonyl (C=O) groups excluding carboxylic acids is 1. The summed E-state index contributed by atoms with van der Waals surface area (Å²) >= 11 is 0. The Kier molecular flexibility index (Phi) is 1.82. The lowest BCUT2D eigenvalue weighted by atomic mass is 10.2. The Morgan fingerprint density at radius 3 is 2.64 bits per heavy atom. The predicted octanol–water partition coefficient (Wildman–Crippen LogP) is -0.0293. The maximum atomic E-state index is 11.2. The standard InChI is InChI=1S/C8H14N2O/c11-8-7(3-4-9-8)10-5-1-2-6-10/h7H,1-6H2,(H,9,11). The Morgan fingerprint density at radius 1 is 1.36 bits per heavy atom. The van der Waals surface area contributed by atoms with Gasteiger partial charge in [0, 0.05) is 6.54 Å². The summed E-state index contributed by atoms with van der Waals surface area (Å²) in [5.74, 6) is 0.243. The minimum atomic E-state index is 0.206. The molecule has 0 bridgehead atoms. The second kappa shape index (κ2) is 2.81. The highest BCUT2D eigenvalue weighted by Crippen LogP contribution is 2.16. The van der Waals surface area contributed by atoms with Crippen molar-refractivity contribution in [1.29, 1.82) is 0 Å². The van der Waals surface area contributed by atoms with Crippen molar-refractivity contribution in [1.82, 2.24) is 10.2 Å². The fourth-order valence-corrected chi connectivity index (χ4v) is 1.98. The molecular weight excluding hydrogens is 140 g/mol. The molecule has 2 saturated heterocycles. The lowest BCUT2D eigenvalue weighted by Crippen LogP contribution is -2.38. The molecule has 0 saturated carbocycles. The van der Waals surface area contributed by atoms with Gasteiger partial charge in [0.1, 0.15) is 0 Å². The molecule has 1 N–H and O–H groups in total. The first-order valence-electron chi connectivity index (χ1n) is 4.40. The van der Waals surface area contributed by atoms with E-state index in [1.165, 1.54) is 12.8 Å². The van der Waals surface area contributed by atoms with Crippen LogP contribution in [0.2, 0.25) is 0 Å². The molecule has 0 radical (unpaired) electrons. The monoisotopic (exact) mass is 154 g/mol. The first-order chi connectivity index (χ1) is 5.38. The molecule has 11 heavy (non-hydrogen) atoms. The Labute approximate surface area is 66.8 Å². The quantitative estimate of drug-likeness (QED) is 0.575. The van der Waals surface area contributed by atoms with Gasteiger partial charge in [-0.15, -0.1) is 0 Å². The van der Waals surface area contributed by atoms with Crippen LogP contribution in [0.15, 0.2) is 0 Å². The molecule has 62 valence electrons. The zero-order chi connectivity index (χ0) is 7.68.